The Morgan fingerprint density at radius 2 is 2.04 bits per heavy atom. The summed E-state index contributed by atoms with van der Waals surface area (Å²) in [5.41, 5.74) is 2.19. The number of H-pyrrole nitrogens is 1. The Kier molecular flexibility index (Phi) is 3.55. The van der Waals surface area contributed by atoms with E-state index < -0.39 is 5.91 Å². The standard InChI is InChI=1S/C18H14N4O3/c23-10-11-4-3-5-12(8-11)20-18(25)14-9-19-22-15-7-2-1-6-13(15)17(24)21-16(14)22/h1-9,23H,10H2,(H,20,25)(H,21,24). The highest BCUT2D eigenvalue weighted by molar-refractivity contribution is 6.08. The molecule has 0 aliphatic heterocycles. The summed E-state index contributed by atoms with van der Waals surface area (Å²) in [5.74, 6) is -0.393. The average Bonchev–Trinajstić information content (AvgIpc) is 3.06. The van der Waals surface area contributed by atoms with Crippen molar-refractivity contribution in [1.29, 1.82) is 0 Å². The van der Waals surface area contributed by atoms with Crippen LogP contribution in [0, 0.1) is 0 Å². The summed E-state index contributed by atoms with van der Waals surface area (Å²) in [7, 11) is 0. The van der Waals surface area contributed by atoms with Gasteiger partial charge in [-0.15, -0.1) is 0 Å². The van der Waals surface area contributed by atoms with Crippen molar-refractivity contribution in [1.82, 2.24) is 14.6 Å². The van der Waals surface area contributed by atoms with Gasteiger partial charge in [0.1, 0.15) is 11.2 Å². The highest BCUT2D eigenvalue weighted by atomic mass is 16.3. The molecule has 7 heteroatoms. The molecule has 124 valence electrons. The van der Waals surface area contributed by atoms with Gasteiger partial charge in [0.15, 0.2) is 0 Å². The molecule has 0 aliphatic rings. The van der Waals surface area contributed by atoms with Gasteiger partial charge < -0.3 is 15.4 Å². The molecule has 0 saturated heterocycles. The Hall–Kier alpha value is -3.45. The zero-order chi connectivity index (χ0) is 17.4. The number of aromatic amines is 1. The number of fused-ring (bicyclic) bond motifs is 3. The number of aromatic nitrogens is 3. The highest BCUT2D eigenvalue weighted by Gasteiger charge is 2.16. The van der Waals surface area contributed by atoms with Gasteiger partial charge in [-0.3, -0.25) is 9.59 Å². The van der Waals surface area contributed by atoms with Crippen LogP contribution in [0.2, 0.25) is 0 Å². The van der Waals surface area contributed by atoms with E-state index in [0.717, 1.165) is 0 Å². The van der Waals surface area contributed by atoms with Crippen LogP contribution in [0.3, 0.4) is 0 Å². The molecular weight excluding hydrogens is 320 g/mol. The quantitative estimate of drug-likeness (QED) is 0.533. The highest BCUT2D eigenvalue weighted by Crippen LogP contribution is 2.17. The molecular formula is C18H14N4O3. The van der Waals surface area contributed by atoms with Gasteiger partial charge in [0.25, 0.3) is 11.5 Å². The van der Waals surface area contributed by atoms with E-state index in [1.165, 1.54) is 10.7 Å². The molecule has 3 N–H and O–H groups in total. The van der Waals surface area contributed by atoms with E-state index in [1.54, 1.807) is 42.5 Å². The Morgan fingerprint density at radius 1 is 1.20 bits per heavy atom. The van der Waals surface area contributed by atoms with Crippen LogP contribution in [0.15, 0.2) is 59.5 Å². The first-order valence-corrected chi connectivity index (χ1v) is 7.67. The first-order valence-electron chi connectivity index (χ1n) is 7.67. The number of aliphatic hydroxyl groups excluding tert-OH is 1. The molecule has 2 aromatic heterocycles. The van der Waals surface area contributed by atoms with Crippen molar-refractivity contribution in [2.75, 3.05) is 5.32 Å². The van der Waals surface area contributed by atoms with Crippen molar-refractivity contribution in [2.45, 2.75) is 6.61 Å². The number of amides is 1. The molecule has 7 nitrogen and oxygen atoms in total. The normalized spacial score (nSPS) is 11.1. The zero-order valence-corrected chi connectivity index (χ0v) is 13.1. The van der Waals surface area contributed by atoms with Gasteiger partial charge in [0.2, 0.25) is 0 Å². The summed E-state index contributed by atoms with van der Waals surface area (Å²) in [6.45, 7) is -0.111. The number of nitrogens with one attached hydrogen (secondary N) is 2. The Labute approximate surface area is 141 Å². The second kappa shape index (κ2) is 5.88. The SMILES string of the molecule is O=C(Nc1cccc(CO)c1)c1cnn2c1[nH]c(=O)c1ccccc12. The lowest BCUT2D eigenvalue weighted by molar-refractivity contribution is 0.102. The summed E-state index contributed by atoms with van der Waals surface area (Å²) < 4.78 is 1.54. The second-order valence-electron chi connectivity index (χ2n) is 5.60. The molecule has 0 atom stereocenters. The van der Waals surface area contributed by atoms with E-state index >= 15 is 0 Å². The number of aliphatic hydroxyl groups is 1. The minimum atomic E-state index is -0.393. The van der Waals surface area contributed by atoms with E-state index in [-0.39, 0.29) is 17.7 Å². The van der Waals surface area contributed by atoms with Crippen molar-refractivity contribution >= 4 is 28.1 Å². The third-order valence-electron chi connectivity index (χ3n) is 3.99. The van der Waals surface area contributed by atoms with Crippen molar-refractivity contribution in [3.8, 4) is 0 Å². The molecule has 0 bridgehead atoms. The number of anilines is 1. The summed E-state index contributed by atoms with van der Waals surface area (Å²) in [6, 6.07) is 14.0. The lowest BCUT2D eigenvalue weighted by Crippen LogP contribution is -2.15. The second-order valence-corrected chi connectivity index (χ2v) is 5.60. The topological polar surface area (TPSA) is 99.5 Å². The van der Waals surface area contributed by atoms with Gasteiger partial charge in [-0.2, -0.15) is 5.10 Å². The smallest absolute Gasteiger partial charge is 0.261 e. The van der Waals surface area contributed by atoms with Gasteiger partial charge in [-0.05, 0) is 29.8 Å². The van der Waals surface area contributed by atoms with Crippen LogP contribution in [0.1, 0.15) is 15.9 Å². The fraction of sp³-hybridized carbons (Fsp3) is 0.0556. The average molecular weight is 334 g/mol. The van der Waals surface area contributed by atoms with Gasteiger partial charge >= 0.3 is 0 Å². The summed E-state index contributed by atoms with van der Waals surface area (Å²) in [4.78, 5) is 27.6. The molecule has 0 radical (unpaired) electrons. The molecule has 1 amide bonds. The molecule has 0 saturated carbocycles. The first kappa shape index (κ1) is 15.1. The third kappa shape index (κ3) is 2.56. The fourth-order valence-electron chi connectivity index (χ4n) is 2.79. The minimum Gasteiger partial charge on any atom is -0.392 e. The zero-order valence-electron chi connectivity index (χ0n) is 13.1. The molecule has 4 aromatic rings. The van der Waals surface area contributed by atoms with Crippen LogP contribution >= 0.6 is 0 Å². The minimum absolute atomic E-state index is 0.111. The van der Waals surface area contributed by atoms with Crippen molar-refractivity contribution in [3.63, 3.8) is 0 Å². The summed E-state index contributed by atoms with van der Waals surface area (Å²) in [5, 5.41) is 16.7. The molecule has 0 spiro atoms. The van der Waals surface area contributed by atoms with Crippen LogP contribution in [0.25, 0.3) is 16.6 Å². The van der Waals surface area contributed by atoms with Crippen LogP contribution < -0.4 is 10.9 Å². The van der Waals surface area contributed by atoms with Crippen LogP contribution in [0.4, 0.5) is 5.69 Å². The number of rotatable bonds is 3. The van der Waals surface area contributed by atoms with Gasteiger partial charge in [-0.1, -0.05) is 24.3 Å². The monoisotopic (exact) mass is 334 g/mol. The maximum atomic E-state index is 12.6. The number of nitrogens with zero attached hydrogens (tertiary/aromatic N) is 2. The fourth-order valence-corrected chi connectivity index (χ4v) is 2.79. The van der Waals surface area contributed by atoms with Crippen LogP contribution in [-0.4, -0.2) is 25.6 Å². The largest absolute Gasteiger partial charge is 0.392 e. The lowest BCUT2D eigenvalue weighted by Gasteiger charge is -2.06. The summed E-state index contributed by atoms with van der Waals surface area (Å²) >= 11 is 0. The molecule has 2 heterocycles. The molecule has 0 fully saturated rings. The van der Waals surface area contributed by atoms with E-state index in [4.69, 9.17) is 0 Å². The van der Waals surface area contributed by atoms with Gasteiger partial charge in [-0.25, -0.2) is 4.52 Å². The van der Waals surface area contributed by atoms with Crippen LogP contribution in [-0.2, 0) is 6.61 Å². The first-order chi connectivity index (χ1) is 12.2. The number of benzene rings is 2. The molecule has 25 heavy (non-hydrogen) atoms. The Morgan fingerprint density at radius 3 is 2.88 bits per heavy atom. The van der Waals surface area contributed by atoms with E-state index in [9.17, 15) is 14.7 Å². The number of para-hydroxylation sites is 1. The third-order valence-corrected chi connectivity index (χ3v) is 3.99. The van der Waals surface area contributed by atoms with E-state index in [1.807, 2.05) is 6.07 Å². The molecule has 2 aromatic carbocycles. The van der Waals surface area contributed by atoms with Gasteiger partial charge in [0.05, 0.1) is 23.7 Å². The summed E-state index contributed by atoms with van der Waals surface area (Å²) in [6.07, 6.45) is 1.42. The number of carbonyl (C=O) groups is 1. The predicted octanol–water partition coefficient (Wildman–Crippen LogP) is 1.92. The predicted molar refractivity (Wildman–Crippen MR) is 93.6 cm³/mol. The Balaban J connectivity index is 1.79. The number of hydrogen-bond donors (Lipinski definition) is 3. The molecule has 4 rings (SSSR count). The number of hydrogen-bond acceptors (Lipinski definition) is 4. The lowest BCUT2D eigenvalue weighted by atomic mass is 10.2. The maximum Gasteiger partial charge on any atom is 0.261 e. The molecule has 0 aliphatic carbocycles. The van der Waals surface area contributed by atoms with E-state index in [2.05, 4.69) is 15.4 Å². The number of carbonyl (C=O) groups excluding carboxylic acids is 1. The Bertz CT molecular complexity index is 1160. The maximum absolute atomic E-state index is 12.6. The van der Waals surface area contributed by atoms with Gasteiger partial charge in [0, 0.05) is 5.69 Å². The van der Waals surface area contributed by atoms with E-state index in [0.29, 0.717) is 27.8 Å². The van der Waals surface area contributed by atoms with Crippen molar-refractivity contribution < 1.29 is 9.90 Å². The molecule has 0 unspecified atom stereocenters. The van der Waals surface area contributed by atoms with Crippen molar-refractivity contribution in [3.05, 3.63) is 76.2 Å². The van der Waals surface area contributed by atoms with Crippen molar-refractivity contribution in [2.24, 2.45) is 0 Å². The van der Waals surface area contributed by atoms with Crippen LogP contribution in [0.5, 0.6) is 0 Å².